The molecule has 0 saturated carbocycles. The molecule has 1 aliphatic rings. The van der Waals surface area contributed by atoms with Crippen molar-refractivity contribution in [2.45, 2.75) is 24.3 Å². The summed E-state index contributed by atoms with van der Waals surface area (Å²) in [6, 6.07) is 10.9. The maximum absolute atomic E-state index is 13.1. The second-order valence-corrected chi connectivity index (χ2v) is 7.29. The Bertz CT molecular complexity index is 1040. The monoisotopic (exact) mass is 340 g/mol. The fraction of sp³-hybridized carbons (Fsp3) is 0.222. The molecular weight excluding hydrogens is 324 g/mol. The van der Waals surface area contributed by atoms with Crippen molar-refractivity contribution in [1.29, 1.82) is 0 Å². The van der Waals surface area contributed by atoms with Crippen LogP contribution < -0.4 is 10.3 Å². The average Bonchev–Trinajstić information content (AvgIpc) is 2.98. The van der Waals surface area contributed by atoms with Crippen LogP contribution in [-0.4, -0.2) is 26.1 Å². The lowest BCUT2D eigenvalue weighted by Gasteiger charge is -2.13. The van der Waals surface area contributed by atoms with Crippen molar-refractivity contribution >= 4 is 21.8 Å². The number of aromatic nitrogens is 2. The molecule has 1 aliphatic heterocycles. The van der Waals surface area contributed by atoms with Gasteiger partial charge in [-0.1, -0.05) is 6.07 Å². The number of ether oxygens (including phenoxy) is 1. The third-order valence-electron chi connectivity index (χ3n) is 4.20. The topological polar surface area (TPSA) is 61.2 Å². The van der Waals surface area contributed by atoms with E-state index in [1.807, 2.05) is 25.1 Å². The van der Waals surface area contributed by atoms with Gasteiger partial charge < -0.3 is 4.74 Å². The number of benzene rings is 1. The number of rotatable bonds is 2. The normalized spacial score (nSPS) is 17.5. The van der Waals surface area contributed by atoms with Crippen molar-refractivity contribution < 1.29 is 8.95 Å². The molecule has 3 aromatic rings. The Morgan fingerprint density at radius 3 is 2.92 bits per heavy atom. The van der Waals surface area contributed by atoms with Gasteiger partial charge in [0, 0.05) is 34.6 Å². The summed E-state index contributed by atoms with van der Waals surface area (Å²) in [6.45, 7) is 1.95. The maximum atomic E-state index is 13.1. The molecule has 24 heavy (non-hydrogen) atoms. The van der Waals surface area contributed by atoms with E-state index in [1.165, 1.54) is 0 Å². The molecule has 4 rings (SSSR count). The highest BCUT2D eigenvalue weighted by Gasteiger charge is 2.27. The van der Waals surface area contributed by atoms with Gasteiger partial charge in [-0.15, -0.1) is 0 Å². The molecule has 2 atom stereocenters. The minimum atomic E-state index is -1.12. The molecule has 5 nitrogen and oxygen atoms in total. The molecule has 2 aromatic heterocycles. The van der Waals surface area contributed by atoms with Crippen LogP contribution in [0.1, 0.15) is 12.5 Å². The van der Waals surface area contributed by atoms with Crippen molar-refractivity contribution in [1.82, 2.24) is 9.55 Å². The number of nitrogens with zero attached hydrogens (tertiary/aromatic N) is 2. The van der Waals surface area contributed by atoms with Crippen LogP contribution in [-0.2, 0) is 17.2 Å². The van der Waals surface area contributed by atoms with Crippen molar-refractivity contribution in [2.75, 3.05) is 6.26 Å². The molecule has 0 spiro atoms. The van der Waals surface area contributed by atoms with Gasteiger partial charge in [0.05, 0.1) is 16.6 Å². The zero-order chi connectivity index (χ0) is 16.8. The van der Waals surface area contributed by atoms with Crippen LogP contribution in [0.5, 0.6) is 5.75 Å². The van der Waals surface area contributed by atoms with E-state index in [-0.39, 0.29) is 11.7 Å². The summed E-state index contributed by atoms with van der Waals surface area (Å²) >= 11 is 0. The molecule has 2 unspecified atom stereocenters. The number of hydrogen-bond acceptors (Lipinski definition) is 4. The van der Waals surface area contributed by atoms with E-state index in [0.29, 0.717) is 34.0 Å². The predicted octanol–water partition coefficient (Wildman–Crippen LogP) is 2.45. The van der Waals surface area contributed by atoms with Gasteiger partial charge in [-0.2, -0.15) is 0 Å². The van der Waals surface area contributed by atoms with Crippen LogP contribution >= 0.6 is 0 Å². The Hall–Kier alpha value is -2.47. The smallest absolute Gasteiger partial charge is 0.263 e. The molecule has 0 N–H and O–H groups in total. The quantitative estimate of drug-likeness (QED) is 0.719. The van der Waals surface area contributed by atoms with Gasteiger partial charge in [-0.05, 0) is 37.3 Å². The van der Waals surface area contributed by atoms with Crippen molar-refractivity contribution in [3.05, 3.63) is 58.5 Å². The number of pyridine rings is 2. The van der Waals surface area contributed by atoms with Crippen LogP contribution in [0, 0.1) is 0 Å². The third-order valence-corrected chi connectivity index (χ3v) is 5.11. The first-order valence-electron chi connectivity index (χ1n) is 7.69. The SMILES string of the molecule is CC1Cc2c(c3cccnc3n(-c3cccc(S(C)=O)c3)c2=O)O1. The van der Waals surface area contributed by atoms with Crippen molar-refractivity contribution in [2.24, 2.45) is 0 Å². The fourth-order valence-electron chi connectivity index (χ4n) is 3.13. The summed E-state index contributed by atoms with van der Waals surface area (Å²) in [5.41, 5.74) is 1.76. The molecule has 0 saturated heterocycles. The van der Waals surface area contributed by atoms with Gasteiger partial charge in [-0.25, -0.2) is 4.98 Å². The second kappa shape index (κ2) is 5.56. The Morgan fingerprint density at radius 1 is 1.29 bits per heavy atom. The molecule has 122 valence electrons. The second-order valence-electron chi connectivity index (χ2n) is 5.91. The van der Waals surface area contributed by atoms with E-state index in [1.54, 1.807) is 35.2 Å². The summed E-state index contributed by atoms with van der Waals surface area (Å²) < 4.78 is 19.2. The highest BCUT2D eigenvalue weighted by Crippen LogP contribution is 2.34. The van der Waals surface area contributed by atoms with Gasteiger partial charge in [0.15, 0.2) is 5.65 Å². The first-order chi connectivity index (χ1) is 11.6. The Kier molecular flexibility index (Phi) is 3.49. The third kappa shape index (κ3) is 2.26. The first kappa shape index (κ1) is 15.1. The van der Waals surface area contributed by atoms with Gasteiger partial charge in [0.1, 0.15) is 11.9 Å². The van der Waals surface area contributed by atoms with E-state index in [4.69, 9.17) is 4.74 Å². The van der Waals surface area contributed by atoms with E-state index < -0.39 is 10.8 Å². The highest BCUT2D eigenvalue weighted by atomic mass is 32.2. The van der Waals surface area contributed by atoms with Gasteiger partial charge in [0.25, 0.3) is 5.56 Å². The van der Waals surface area contributed by atoms with E-state index in [2.05, 4.69) is 4.98 Å². The number of fused-ring (bicyclic) bond motifs is 3. The summed E-state index contributed by atoms with van der Waals surface area (Å²) in [5.74, 6) is 0.641. The van der Waals surface area contributed by atoms with E-state index in [9.17, 15) is 9.00 Å². The predicted molar refractivity (Wildman–Crippen MR) is 93.5 cm³/mol. The van der Waals surface area contributed by atoms with Gasteiger partial charge in [0.2, 0.25) is 0 Å². The minimum Gasteiger partial charge on any atom is -0.489 e. The molecule has 6 heteroatoms. The molecular formula is C18H16N2O3S. The van der Waals surface area contributed by atoms with E-state index >= 15 is 0 Å². The molecule has 0 aliphatic carbocycles. The highest BCUT2D eigenvalue weighted by molar-refractivity contribution is 7.84. The lowest BCUT2D eigenvalue weighted by molar-refractivity contribution is 0.257. The summed E-state index contributed by atoms with van der Waals surface area (Å²) in [6.07, 6.45) is 3.83. The lowest BCUT2D eigenvalue weighted by Crippen LogP contribution is -2.23. The molecule has 0 radical (unpaired) electrons. The Morgan fingerprint density at radius 2 is 2.12 bits per heavy atom. The average molecular weight is 340 g/mol. The largest absolute Gasteiger partial charge is 0.489 e. The lowest BCUT2D eigenvalue weighted by atomic mass is 10.1. The van der Waals surface area contributed by atoms with Gasteiger partial charge >= 0.3 is 0 Å². The first-order valence-corrected chi connectivity index (χ1v) is 9.25. The summed E-state index contributed by atoms with van der Waals surface area (Å²) in [5, 5.41) is 0.819. The molecule has 1 aromatic carbocycles. The Balaban J connectivity index is 2.09. The number of hydrogen-bond donors (Lipinski definition) is 0. The molecule has 0 amide bonds. The maximum Gasteiger partial charge on any atom is 0.263 e. The van der Waals surface area contributed by atoms with Gasteiger partial charge in [-0.3, -0.25) is 13.6 Å². The van der Waals surface area contributed by atoms with Crippen LogP contribution in [0.4, 0.5) is 0 Å². The Labute approximate surface area is 141 Å². The van der Waals surface area contributed by atoms with Crippen molar-refractivity contribution in [3.8, 4) is 11.4 Å². The summed E-state index contributed by atoms with van der Waals surface area (Å²) in [7, 11) is -1.12. The summed E-state index contributed by atoms with van der Waals surface area (Å²) in [4.78, 5) is 18.1. The zero-order valence-corrected chi connectivity index (χ0v) is 14.2. The van der Waals surface area contributed by atoms with E-state index in [0.717, 1.165) is 5.39 Å². The zero-order valence-electron chi connectivity index (χ0n) is 13.4. The molecule has 0 fully saturated rings. The molecule has 3 heterocycles. The van der Waals surface area contributed by atoms with Crippen LogP contribution in [0.25, 0.3) is 16.7 Å². The van der Waals surface area contributed by atoms with Crippen LogP contribution in [0.15, 0.2) is 52.3 Å². The standard InChI is InChI=1S/C18H16N2O3S/c1-11-9-15-16(23-11)14-7-4-8-19-17(14)20(18(15)21)12-5-3-6-13(10-12)24(2)22/h3-8,10-11H,9H2,1-2H3. The molecule has 0 bridgehead atoms. The fourth-order valence-corrected chi connectivity index (χ4v) is 3.69. The van der Waals surface area contributed by atoms with Crippen LogP contribution in [0.3, 0.4) is 0 Å². The minimum absolute atomic E-state index is 0.0264. The van der Waals surface area contributed by atoms with Crippen molar-refractivity contribution in [3.63, 3.8) is 0 Å². The van der Waals surface area contributed by atoms with Crippen LogP contribution in [0.2, 0.25) is 0 Å².